The van der Waals surface area contributed by atoms with Gasteiger partial charge < -0.3 is 5.11 Å². The molecule has 2 N–H and O–H groups in total. The van der Waals surface area contributed by atoms with Gasteiger partial charge in [0.05, 0.1) is 0 Å². The van der Waals surface area contributed by atoms with Gasteiger partial charge in [-0.25, -0.2) is 4.79 Å². The first-order valence-electron chi connectivity index (χ1n) is 4.16. The van der Waals surface area contributed by atoms with E-state index in [9.17, 15) is 9.59 Å². The van der Waals surface area contributed by atoms with Crippen LogP contribution in [0, 0.1) is 5.41 Å². The average Bonchev–Trinajstić information content (AvgIpc) is 2.48. The number of nitrogens with one attached hydrogen (secondary N) is 1. The van der Waals surface area contributed by atoms with E-state index >= 15 is 0 Å². The van der Waals surface area contributed by atoms with Crippen LogP contribution in [0.4, 0.5) is 0 Å². The highest BCUT2D eigenvalue weighted by Gasteiger charge is 2.25. The second-order valence-corrected chi connectivity index (χ2v) is 4.05. The van der Waals surface area contributed by atoms with E-state index in [-0.39, 0.29) is 17.2 Å². The number of aromatic carboxylic acids is 1. The number of carboxylic acid groups (broad SMARTS) is 1. The van der Waals surface area contributed by atoms with Crippen LogP contribution in [0.5, 0.6) is 0 Å². The highest BCUT2D eigenvalue weighted by Crippen LogP contribution is 2.19. The number of carboxylic acids is 1. The number of Topliss-reactive ketones (excluding diaryl/α,β-unsaturated/α-hetero) is 1. The van der Waals surface area contributed by atoms with Crippen LogP contribution >= 0.6 is 0 Å². The molecule has 1 aromatic rings. The van der Waals surface area contributed by atoms with Crippen molar-refractivity contribution in [2.75, 3.05) is 0 Å². The molecule has 76 valence electrons. The third-order valence-corrected chi connectivity index (χ3v) is 1.72. The molecule has 0 aromatic carbocycles. The van der Waals surface area contributed by atoms with Gasteiger partial charge >= 0.3 is 5.97 Å². The van der Waals surface area contributed by atoms with Crippen molar-refractivity contribution in [3.8, 4) is 0 Å². The zero-order valence-electron chi connectivity index (χ0n) is 8.29. The lowest BCUT2D eigenvalue weighted by molar-refractivity contribution is 0.0690. The van der Waals surface area contributed by atoms with Crippen molar-refractivity contribution >= 4 is 11.8 Å². The van der Waals surface area contributed by atoms with E-state index in [1.54, 1.807) is 20.8 Å². The van der Waals surface area contributed by atoms with Crippen molar-refractivity contribution in [3.05, 3.63) is 17.5 Å². The molecule has 0 atom stereocenters. The summed E-state index contributed by atoms with van der Waals surface area (Å²) in [6, 6.07) is 1.25. The number of aromatic amines is 1. The smallest absolute Gasteiger partial charge is 0.353 e. The summed E-state index contributed by atoms with van der Waals surface area (Å²) in [7, 11) is 0. The molecule has 0 amide bonds. The zero-order chi connectivity index (χ0) is 10.9. The highest BCUT2D eigenvalue weighted by molar-refractivity contribution is 5.99. The topological polar surface area (TPSA) is 83.0 Å². The lowest BCUT2D eigenvalue weighted by Crippen LogP contribution is -2.20. The maximum absolute atomic E-state index is 11.6. The van der Waals surface area contributed by atoms with Crippen LogP contribution in [-0.4, -0.2) is 27.1 Å². The highest BCUT2D eigenvalue weighted by atomic mass is 16.4. The normalized spacial score (nSPS) is 11.4. The molecule has 1 aromatic heterocycles. The third-order valence-electron chi connectivity index (χ3n) is 1.72. The summed E-state index contributed by atoms with van der Waals surface area (Å²) in [4.78, 5) is 22.1. The fourth-order valence-corrected chi connectivity index (χ4v) is 0.932. The van der Waals surface area contributed by atoms with Crippen LogP contribution in [0.3, 0.4) is 0 Å². The predicted molar refractivity (Wildman–Crippen MR) is 49.3 cm³/mol. The first-order valence-corrected chi connectivity index (χ1v) is 4.16. The van der Waals surface area contributed by atoms with Crippen LogP contribution < -0.4 is 0 Å². The molecule has 0 radical (unpaired) electrons. The number of aromatic nitrogens is 2. The molecule has 14 heavy (non-hydrogen) atoms. The molecule has 0 saturated carbocycles. The molecular weight excluding hydrogens is 184 g/mol. The standard InChI is InChI=1S/C9H12N2O3/c1-9(2,3)7(12)5-4-6(8(13)14)11-10-5/h4H,1-3H3,(H,10,11)(H,13,14). The Labute approximate surface area is 81.1 Å². The third kappa shape index (κ3) is 1.99. The Hall–Kier alpha value is -1.65. The van der Waals surface area contributed by atoms with Crippen LogP contribution in [0.25, 0.3) is 0 Å². The van der Waals surface area contributed by atoms with Crippen molar-refractivity contribution in [1.29, 1.82) is 0 Å². The lowest BCUT2D eigenvalue weighted by Gasteiger charge is -2.13. The van der Waals surface area contributed by atoms with Crippen LogP contribution in [0.1, 0.15) is 41.7 Å². The van der Waals surface area contributed by atoms with Crippen molar-refractivity contribution in [3.63, 3.8) is 0 Å². The first-order chi connectivity index (χ1) is 6.32. The fourth-order valence-electron chi connectivity index (χ4n) is 0.932. The van der Waals surface area contributed by atoms with Gasteiger partial charge in [0.15, 0.2) is 5.78 Å². The Bertz CT molecular complexity index is 374. The van der Waals surface area contributed by atoms with Gasteiger partial charge in [0.25, 0.3) is 0 Å². The Morgan fingerprint density at radius 1 is 1.43 bits per heavy atom. The van der Waals surface area contributed by atoms with Crippen LogP contribution in [0.15, 0.2) is 6.07 Å². The van der Waals surface area contributed by atoms with Gasteiger partial charge in [-0.05, 0) is 0 Å². The second kappa shape index (κ2) is 3.25. The number of hydrogen-bond donors (Lipinski definition) is 2. The molecule has 5 nitrogen and oxygen atoms in total. The van der Waals surface area contributed by atoms with E-state index in [0.717, 1.165) is 0 Å². The molecule has 0 spiro atoms. The summed E-state index contributed by atoms with van der Waals surface area (Å²) in [6.45, 7) is 5.26. The van der Waals surface area contributed by atoms with E-state index in [4.69, 9.17) is 5.11 Å². The molecule has 0 aliphatic rings. The quantitative estimate of drug-likeness (QED) is 0.699. The molecule has 1 rings (SSSR count). The monoisotopic (exact) mass is 196 g/mol. The van der Waals surface area contributed by atoms with Crippen molar-refractivity contribution in [2.45, 2.75) is 20.8 Å². The minimum atomic E-state index is -1.12. The van der Waals surface area contributed by atoms with Gasteiger partial charge in [-0.2, -0.15) is 5.10 Å². The van der Waals surface area contributed by atoms with Gasteiger partial charge in [-0.3, -0.25) is 9.89 Å². The summed E-state index contributed by atoms with van der Waals surface area (Å²) in [6.07, 6.45) is 0. The summed E-state index contributed by atoms with van der Waals surface area (Å²) in [5.41, 5.74) is -0.460. The van der Waals surface area contributed by atoms with E-state index in [2.05, 4.69) is 10.2 Å². The molecule has 0 unspecified atom stereocenters. The summed E-state index contributed by atoms with van der Waals surface area (Å²) >= 11 is 0. The van der Waals surface area contributed by atoms with Crippen LogP contribution in [-0.2, 0) is 0 Å². The molecule has 0 fully saturated rings. The van der Waals surface area contributed by atoms with E-state index < -0.39 is 11.4 Å². The zero-order valence-corrected chi connectivity index (χ0v) is 8.29. The second-order valence-electron chi connectivity index (χ2n) is 4.05. The maximum Gasteiger partial charge on any atom is 0.353 e. The van der Waals surface area contributed by atoms with Gasteiger partial charge in [-0.1, -0.05) is 20.8 Å². The largest absolute Gasteiger partial charge is 0.477 e. The predicted octanol–water partition coefficient (Wildman–Crippen LogP) is 1.34. The number of carbonyl (C=O) groups is 2. The van der Waals surface area contributed by atoms with Gasteiger partial charge in [0.2, 0.25) is 0 Å². The van der Waals surface area contributed by atoms with Gasteiger partial charge in [-0.15, -0.1) is 0 Å². The Morgan fingerprint density at radius 2 is 2.00 bits per heavy atom. The van der Waals surface area contributed by atoms with E-state index in [1.807, 2.05) is 0 Å². The summed E-state index contributed by atoms with van der Waals surface area (Å²) in [5, 5.41) is 14.5. The first kappa shape index (κ1) is 10.4. The number of carbonyl (C=O) groups excluding carboxylic acids is 1. The fraction of sp³-hybridized carbons (Fsp3) is 0.444. The molecular formula is C9H12N2O3. The maximum atomic E-state index is 11.6. The van der Waals surface area contributed by atoms with Crippen LogP contribution in [0.2, 0.25) is 0 Å². The van der Waals surface area contributed by atoms with Gasteiger partial charge in [0, 0.05) is 11.5 Å². The minimum absolute atomic E-state index is 0.0717. The number of nitrogens with zero attached hydrogens (tertiary/aromatic N) is 1. The van der Waals surface area contributed by atoms with E-state index in [1.165, 1.54) is 6.07 Å². The summed E-state index contributed by atoms with van der Waals surface area (Å²) in [5.74, 6) is -1.30. The number of H-pyrrole nitrogens is 1. The molecule has 0 saturated heterocycles. The average molecular weight is 196 g/mol. The molecule has 0 bridgehead atoms. The van der Waals surface area contributed by atoms with Crippen molar-refractivity contribution in [1.82, 2.24) is 10.2 Å². The Morgan fingerprint density at radius 3 is 2.36 bits per heavy atom. The SMILES string of the molecule is CC(C)(C)C(=O)c1cc(C(=O)O)[nH]n1. The minimum Gasteiger partial charge on any atom is -0.477 e. The van der Waals surface area contributed by atoms with Gasteiger partial charge in [0.1, 0.15) is 11.4 Å². The lowest BCUT2D eigenvalue weighted by atomic mass is 9.89. The van der Waals surface area contributed by atoms with Crippen molar-refractivity contribution < 1.29 is 14.7 Å². The molecule has 0 aliphatic carbocycles. The molecule has 1 heterocycles. The molecule has 5 heteroatoms. The number of rotatable bonds is 2. The number of hydrogen-bond acceptors (Lipinski definition) is 3. The van der Waals surface area contributed by atoms with E-state index in [0.29, 0.717) is 0 Å². The number of ketones is 1. The summed E-state index contributed by atoms with van der Waals surface area (Å²) < 4.78 is 0. The van der Waals surface area contributed by atoms with Crippen molar-refractivity contribution in [2.24, 2.45) is 5.41 Å². The Balaban J connectivity index is 2.99. The molecule has 0 aliphatic heterocycles. The Kier molecular flexibility index (Phi) is 2.42.